The molecule has 0 heterocycles. The van der Waals surface area contributed by atoms with E-state index >= 15 is 0 Å². The molecular weight excluding hydrogens is 260 g/mol. The standard InChI is InChI=1S/C19H14O2/c1-21-19(20)18-15-9-5-4-8-14(15)16-11-10-12-6-2-3-7-13(12)17(16)18/h2-11,18H,1H3. The Morgan fingerprint density at radius 1 is 0.905 bits per heavy atom. The van der Waals surface area contributed by atoms with Gasteiger partial charge in [-0.05, 0) is 33.0 Å². The first-order valence-electron chi connectivity index (χ1n) is 7.00. The molecule has 1 aliphatic carbocycles. The molecule has 21 heavy (non-hydrogen) atoms. The van der Waals surface area contributed by atoms with E-state index < -0.39 is 0 Å². The van der Waals surface area contributed by atoms with E-state index in [9.17, 15) is 4.79 Å². The Morgan fingerprint density at radius 2 is 1.67 bits per heavy atom. The monoisotopic (exact) mass is 274 g/mol. The molecule has 0 N–H and O–H groups in total. The molecule has 1 atom stereocenters. The highest BCUT2D eigenvalue weighted by atomic mass is 16.5. The number of benzene rings is 3. The molecule has 0 aromatic heterocycles. The fourth-order valence-corrected chi connectivity index (χ4v) is 3.35. The lowest BCUT2D eigenvalue weighted by Gasteiger charge is -2.13. The Kier molecular flexibility index (Phi) is 2.58. The predicted octanol–water partition coefficient (Wildman–Crippen LogP) is 4.13. The van der Waals surface area contributed by atoms with Gasteiger partial charge >= 0.3 is 5.97 Å². The second kappa shape index (κ2) is 4.45. The molecule has 2 heteroatoms. The molecule has 102 valence electrons. The van der Waals surface area contributed by atoms with Gasteiger partial charge in [0.2, 0.25) is 0 Å². The van der Waals surface area contributed by atoms with Crippen LogP contribution in [0, 0.1) is 0 Å². The van der Waals surface area contributed by atoms with Crippen molar-refractivity contribution in [1.82, 2.24) is 0 Å². The van der Waals surface area contributed by atoms with Crippen LogP contribution in [0.1, 0.15) is 17.0 Å². The molecule has 0 spiro atoms. The molecule has 4 rings (SSSR count). The van der Waals surface area contributed by atoms with Crippen molar-refractivity contribution in [1.29, 1.82) is 0 Å². The zero-order chi connectivity index (χ0) is 14.4. The van der Waals surface area contributed by atoms with Gasteiger partial charge in [0.1, 0.15) is 5.92 Å². The molecular formula is C19H14O2. The van der Waals surface area contributed by atoms with E-state index in [2.05, 4.69) is 30.3 Å². The number of methoxy groups -OCH3 is 1. The van der Waals surface area contributed by atoms with E-state index in [1.54, 1.807) is 0 Å². The zero-order valence-corrected chi connectivity index (χ0v) is 11.7. The van der Waals surface area contributed by atoms with Gasteiger partial charge in [0.15, 0.2) is 0 Å². The molecule has 0 saturated carbocycles. The topological polar surface area (TPSA) is 26.3 Å². The van der Waals surface area contributed by atoms with Gasteiger partial charge in [-0.2, -0.15) is 0 Å². The summed E-state index contributed by atoms with van der Waals surface area (Å²) in [6.07, 6.45) is 0. The number of hydrogen-bond acceptors (Lipinski definition) is 2. The molecule has 0 amide bonds. The van der Waals surface area contributed by atoms with Crippen molar-refractivity contribution in [2.75, 3.05) is 7.11 Å². The summed E-state index contributed by atoms with van der Waals surface area (Å²) in [4.78, 5) is 12.4. The predicted molar refractivity (Wildman–Crippen MR) is 83.2 cm³/mol. The minimum Gasteiger partial charge on any atom is -0.468 e. The number of carbonyl (C=O) groups is 1. The Hall–Kier alpha value is -2.61. The van der Waals surface area contributed by atoms with Crippen LogP contribution < -0.4 is 0 Å². The van der Waals surface area contributed by atoms with E-state index in [4.69, 9.17) is 4.74 Å². The lowest BCUT2D eigenvalue weighted by Crippen LogP contribution is -2.13. The van der Waals surface area contributed by atoms with Crippen molar-refractivity contribution in [2.45, 2.75) is 5.92 Å². The third kappa shape index (κ3) is 1.62. The van der Waals surface area contributed by atoms with Gasteiger partial charge in [0.25, 0.3) is 0 Å². The quantitative estimate of drug-likeness (QED) is 0.624. The van der Waals surface area contributed by atoms with E-state index in [1.807, 2.05) is 30.3 Å². The Bertz CT molecular complexity index is 864. The van der Waals surface area contributed by atoms with Crippen LogP contribution in [0.4, 0.5) is 0 Å². The summed E-state index contributed by atoms with van der Waals surface area (Å²) >= 11 is 0. The maximum Gasteiger partial charge on any atom is 0.317 e. The lowest BCUT2D eigenvalue weighted by molar-refractivity contribution is -0.141. The van der Waals surface area contributed by atoms with Gasteiger partial charge < -0.3 is 4.74 Å². The fourth-order valence-electron chi connectivity index (χ4n) is 3.35. The molecule has 0 bridgehead atoms. The van der Waals surface area contributed by atoms with Gasteiger partial charge in [-0.3, -0.25) is 4.79 Å². The highest BCUT2D eigenvalue weighted by Gasteiger charge is 2.35. The summed E-state index contributed by atoms with van der Waals surface area (Å²) in [5.74, 6) is -0.523. The SMILES string of the molecule is COC(=O)C1c2ccccc2-c2ccc3ccccc3c21. The number of esters is 1. The summed E-state index contributed by atoms with van der Waals surface area (Å²) in [6.45, 7) is 0. The maximum absolute atomic E-state index is 12.4. The first-order valence-corrected chi connectivity index (χ1v) is 7.00. The van der Waals surface area contributed by atoms with Crippen LogP contribution in [0.25, 0.3) is 21.9 Å². The van der Waals surface area contributed by atoms with Crippen LogP contribution in [-0.4, -0.2) is 13.1 Å². The van der Waals surface area contributed by atoms with Crippen LogP contribution in [-0.2, 0) is 9.53 Å². The minimum atomic E-state index is -0.327. The van der Waals surface area contributed by atoms with E-state index in [-0.39, 0.29) is 11.9 Å². The van der Waals surface area contributed by atoms with Gasteiger partial charge in [0.05, 0.1) is 7.11 Å². The Morgan fingerprint density at radius 3 is 2.52 bits per heavy atom. The van der Waals surface area contributed by atoms with Crippen LogP contribution in [0.3, 0.4) is 0 Å². The first-order chi connectivity index (χ1) is 10.3. The number of ether oxygens (including phenoxy) is 1. The molecule has 2 nitrogen and oxygen atoms in total. The van der Waals surface area contributed by atoms with Crippen LogP contribution in [0.2, 0.25) is 0 Å². The number of hydrogen-bond donors (Lipinski definition) is 0. The zero-order valence-electron chi connectivity index (χ0n) is 11.7. The molecule has 1 aliphatic rings. The highest BCUT2D eigenvalue weighted by Crippen LogP contribution is 2.48. The van der Waals surface area contributed by atoms with Gasteiger partial charge in [-0.25, -0.2) is 0 Å². The number of carbonyl (C=O) groups excluding carboxylic acids is 1. The van der Waals surface area contributed by atoms with Crippen molar-refractivity contribution < 1.29 is 9.53 Å². The van der Waals surface area contributed by atoms with Crippen LogP contribution in [0.15, 0.2) is 60.7 Å². The Balaban J connectivity index is 2.11. The summed E-state index contributed by atoms with van der Waals surface area (Å²) in [5, 5.41) is 2.28. The van der Waals surface area contributed by atoms with E-state index in [0.717, 1.165) is 33.0 Å². The second-order valence-corrected chi connectivity index (χ2v) is 5.29. The summed E-state index contributed by atoms with van der Waals surface area (Å²) < 4.78 is 5.06. The molecule has 0 fully saturated rings. The summed E-state index contributed by atoms with van der Waals surface area (Å²) in [7, 11) is 1.45. The van der Waals surface area contributed by atoms with E-state index in [1.165, 1.54) is 7.11 Å². The van der Waals surface area contributed by atoms with Crippen LogP contribution >= 0.6 is 0 Å². The third-order valence-corrected chi connectivity index (χ3v) is 4.26. The van der Waals surface area contributed by atoms with Crippen molar-refractivity contribution in [3.05, 3.63) is 71.8 Å². The van der Waals surface area contributed by atoms with Crippen molar-refractivity contribution in [3.8, 4) is 11.1 Å². The number of rotatable bonds is 1. The molecule has 0 saturated heterocycles. The van der Waals surface area contributed by atoms with Crippen LogP contribution in [0.5, 0.6) is 0 Å². The third-order valence-electron chi connectivity index (χ3n) is 4.26. The average Bonchev–Trinajstić information content (AvgIpc) is 2.89. The smallest absolute Gasteiger partial charge is 0.317 e. The number of fused-ring (bicyclic) bond motifs is 5. The molecule has 1 unspecified atom stereocenters. The molecule has 3 aromatic carbocycles. The normalized spacial score (nSPS) is 15.6. The summed E-state index contributed by atoms with van der Waals surface area (Å²) in [5.41, 5.74) is 4.38. The van der Waals surface area contributed by atoms with E-state index in [0.29, 0.717) is 0 Å². The van der Waals surface area contributed by atoms with Gasteiger partial charge in [-0.1, -0.05) is 60.7 Å². The van der Waals surface area contributed by atoms with Gasteiger partial charge in [-0.15, -0.1) is 0 Å². The van der Waals surface area contributed by atoms with Gasteiger partial charge in [0, 0.05) is 0 Å². The van der Waals surface area contributed by atoms with Crippen molar-refractivity contribution in [2.24, 2.45) is 0 Å². The highest BCUT2D eigenvalue weighted by molar-refractivity contribution is 6.03. The largest absolute Gasteiger partial charge is 0.468 e. The molecule has 0 radical (unpaired) electrons. The van der Waals surface area contributed by atoms with Crippen molar-refractivity contribution in [3.63, 3.8) is 0 Å². The average molecular weight is 274 g/mol. The molecule has 3 aromatic rings. The maximum atomic E-state index is 12.4. The Labute approximate surface area is 123 Å². The van der Waals surface area contributed by atoms with Crippen molar-refractivity contribution >= 4 is 16.7 Å². The second-order valence-electron chi connectivity index (χ2n) is 5.29. The minimum absolute atomic E-state index is 0.197. The fraction of sp³-hybridized carbons (Fsp3) is 0.105. The summed E-state index contributed by atoms with van der Waals surface area (Å²) in [6, 6.07) is 20.5. The lowest BCUT2D eigenvalue weighted by atomic mass is 9.92. The molecule has 0 aliphatic heterocycles. The first kappa shape index (κ1) is 12.2.